The van der Waals surface area contributed by atoms with Gasteiger partial charge in [-0.15, -0.1) is 0 Å². The van der Waals surface area contributed by atoms with Crippen molar-refractivity contribution in [1.82, 2.24) is 5.32 Å². The number of hydrogen-bond donors (Lipinski definition) is 1. The van der Waals surface area contributed by atoms with Gasteiger partial charge in [0, 0.05) is 11.6 Å². The summed E-state index contributed by atoms with van der Waals surface area (Å²) in [7, 11) is 0. The molecule has 1 N–H and O–H groups in total. The van der Waals surface area contributed by atoms with Crippen molar-refractivity contribution in [3.05, 3.63) is 22.4 Å². The zero-order chi connectivity index (χ0) is 16.0. The van der Waals surface area contributed by atoms with Gasteiger partial charge in [-0.2, -0.15) is 0 Å². The zero-order valence-corrected chi connectivity index (χ0v) is 14.7. The Labute approximate surface area is 137 Å². The average Bonchev–Trinajstić information content (AvgIpc) is 2.44. The third-order valence-electron chi connectivity index (χ3n) is 3.39. The minimum atomic E-state index is -0.235. The molecule has 0 aromatic rings. The fraction of sp³-hybridized carbons (Fsp3) is 0.562. The van der Waals surface area contributed by atoms with E-state index in [2.05, 4.69) is 23.3 Å². The second-order valence-electron chi connectivity index (χ2n) is 5.24. The molecule has 1 rings (SSSR count). The van der Waals surface area contributed by atoms with Gasteiger partial charge in [0.25, 0.3) is 0 Å². The summed E-state index contributed by atoms with van der Waals surface area (Å²) in [5.41, 5.74) is 1.85. The number of carbonyl (C=O) groups is 1. The molecule has 0 saturated carbocycles. The lowest BCUT2D eigenvalue weighted by atomic mass is 9.92. The first-order valence-electron chi connectivity index (χ1n) is 7.34. The number of nitrogens with zero attached hydrogens (tertiary/aromatic N) is 1. The second-order valence-corrected chi connectivity index (χ2v) is 6.31. The lowest BCUT2D eigenvalue weighted by molar-refractivity contribution is -0.107. The average molecular weight is 327 g/mol. The Kier molecular flexibility index (Phi) is 7.26. The molecular weight excluding hydrogens is 304 g/mol. The van der Waals surface area contributed by atoms with Crippen LogP contribution in [0.1, 0.15) is 47.0 Å². The molecule has 0 aliphatic heterocycles. The molecule has 1 atom stereocenters. The highest BCUT2D eigenvalue weighted by Gasteiger charge is 2.21. The van der Waals surface area contributed by atoms with Crippen LogP contribution in [0, 0.1) is 5.92 Å². The van der Waals surface area contributed by atoms with Crippen molar-refractivity contribution in [3.8, 4) is 0 Å². The van der Waals surface area contributed by atoms with Gasteiger partial charge in [0.2, 0.25) is 5.78 Å². The summed E-state index contributed by atoms with van der Waals surface area (Å²) < 4.78 is 0. The summed E-state index contributed by atoms with van der Waals surface area (Å²) in [6.07, 6.45) is 4.91. The zero-order valence-electron chi connectivity index (χ0n) is 13.1. The van der Waals surface area contributed by atoms with Crippen LogP contribution in [0.3, 0.4) is 0 Å². The minimum Gasteiger partial charge on any atom is -0.336 e. The second kappa shape index (κ2) is 8.44. The van der Waals surface area contributed by atoms with Crippen LogP contribution in [0.4, 0.5) is 0 Å². The normalized spacial score (nSPS) is 19.4. The first-order valence-corrected chi connectivity index (χ1v) is 8.13. The van der Waals surface area contributed by atoms with Crippen molar-refractivity contribution in [2.75, 3.05) is 6.54 Å². The third kappa shape index (κ3) is 5.04. The molecule has 21 heavy (non-hydrogen) atoms. The Bertz CT molecular complexity index is 520. The first kappa shape index (κ1) is 18.1. The standard InChI is InChI=1S/C16H23ClN2OS/c1-5-7-18-16(15(20)11(4)21)19-14-10(3)8-12(6-2)9-13(14)17/h8,12H,5-7,9H2,1-4H3,(H,18,19). The quantitative estimate of drug-likeness (QED) is 0.452. The Morgan fingerprint density at radius 3 is 2.67 bits per heavy atom. The van der Waals surface area contributed by atoms with Crippen LogP contribution in [0.15, 0.2) is 27.4 Å². The number of rotatable bonds is 6. The maximum atomic E-state index is 12.1. The number of carbonyl (C=O) groups excluding carboxylic acids is 1. The number of hydrogen-bond acceptors (Lipinski definition) is 3. The molecule has 0 heterocycles. The van der Waals surface area contributed by atoms with Gasteiger partial charge < -0.3 is 5.32 Å². The molecule has 0 bridgehead atoms. The van der Waals surface area contributed by atoms with Crippen LogP contribution in [0.25, 0.3) is 0 Å². The summed E-state index contributed by atoms with van der Waals surface area (Å²) in [6.45, 7) is 8.36. The molecule has 0 amide bonds. The molecule has 0 aromatic heterocycles. The summed E-state index contributed by atoms with van der Waals surface area (Å²) in [6, 6.07) is 0. The highest BCUT2D eigenvalue weighted by atomic mass is 35.5. The van der Waals surface area contributed by atoms with Gasteiger partial charge in [-0.3, -0.25) is 9.79 Å². The van der Waals surface area contributed by atoms with Crippen molar-refractivity contribution in [2.45, 2.75) is 47.0 Å². The first-order chi connectivity index (χ1) is 9.90. The predicted molar refractivity (Wildman–Crippen MR) is 94.0 cm³/mol. The van der Waals surface area contributed by atoms with Crippen molar-refractivity contribution >= 4 is 40.3 Å². The number of aliphatic imine (C=N–C) groups is 1. The van der Waals surface area contributed by atoms with Crippen LogP contribution in [0.5, 0.6) is 0 Å². The topological polar surface area (TPSA) is 41.5 Å². The van der Waals surface area contributed by atoms with E-state index in [1.807, 2.05) is 13.8 Å². The highest BCUT2D eigenvalue weighted by molar-refractivity contribution is 7.82. The van der Waals surface area contributed by atoms with Gasteiger partial charge in [-0.1, -0.05) is 43.7 Å². The Balaban J connectivity index is 3.01. The summed E-state index contributed by atoms with van der Waals surface area (Å²) >= 11 is 11.4. The van der Waals surface area contributed by atoms with Gasteiger partial charge >= 0.3 is 0 Å². The van der Waals surface area contributed by atoms with Gasteiger partial charge in [-0.05, 0) is 44.6 Å². The molecule has 1 aliphatic carbocycles. The number of thiocarbonyl (C=S) groups is 1. The lowest BCUT2D eigenvalue weighted by Gasteiger charge is -2.23. The van der Waals surface area contributed by atoms with E-state index in [0.29, 0.717) is 23.2 Å². The van der Waals surface area contributed by atoms with Crippen LogP contribution < -0.4 is 5.32 Å². The number of halogens is 1. The van der Waals surface area contributed by atoms with Crippen LogP contribution in [0.2, 0.25) is 0 Å². The van der Waals surface area contributed by atoms with E-state index in [-0.39, 0.29) is 5.78 Å². The van der Waals surface area contributed by atoms with Crippen molar-refractivity contribution < 1.29 is 4.79 Å². The molecule has 0 saturated heterocycles. The minimum absolute atomic E-state index is 0.235. The van der Waals surface area contributed by atoms with Crippen molar-refractivity contribution in [3.63, 3.8) is 0 Å². The van der Waals surface area contributed by atoms with Gasteiger partial charge in [0.15, 0.2) is 5.84 Å². The third-order valence-corrected chi connectivity index (χ3v) is 3.92. The maximum absolute atomic E-state index is 12.1. The highest BCUT2D eigenvalue weighted by Crippen LogP contribution is 2.31. The van der Waals surface area contributed by atoms with E-state index >= 15 is 0 Å². The smallest absolute Gasteiger partial charge is 0.234 e. The monoisotopic (exact) mass is 326 g/mol. The number of Topliss-reactive ketones (excluding diaryl/α,β-unsaturated/α-hetero) is 1. The van der Waals surface area contributed by atoms with Gasteiger partial charge in [0.1, 0.15) is 0 Å². The molecule has 0 spiro atoms. The number of nitrogens with one attached hydrogen (secondary N) is 1. The molecule has 0 radical (unpaired) electrons. The number of allylic oxidation sites excluding steroid dienone is 3. The Morgan fingerprint density at radius 2 is 2.19 bits per heavy atom. The molecular formula is C16H23ClN2OS. The maximum Gasteiger partial charge on any atom is 0.234 e. The number of amidine groups is 1. The Hall–Kier alpha value is -1.00. The molecule has 0 aromatic carbocycles. The van der Waals surface area contributed by atoms with E-state index in [1.165, 1.54) is 0 Å². The lowest BCUT2D eigenvalue weighted by Crippen LogP contribution is -2.35. The molecule has 0 fully saturated rings. The molecule has 1 unspecified atom stereocenters. The van der Waals surface area contributed by atoms with E-state index in [1.54, 1.807) is 6.92 Å². The largest absolute Gasteiger partial charge is 0.336 e. The molecule has 1 aliphatic rings. The number of ketones is 1. The SMILES string of the molecule is CCCN=C(NC1=C(Cl)CC(CC)C=C1C)C(=O)C(C)=S. The van der Waals surface area contributed by atoms with Crippen LogP contribution >= 0.6 is 23.8 Å². The van der Waals surface area contributed by atoms with E-state index < -0.39 is 0 Å². The van der Waals surface area contributed by atoms with Gasteiger partial charge in [0.05, 0.1) is 10.6 Å². The van der Waals surface area contributed by atoms with E-state index in [9.17, 15) is 4.79 Å². The van der Waals surface area contributed by atoms with Gasteiger partial charge in [-0.25, -0.2) is 0 Å². The van der Waals surface area contributed by atoms with Crippen molar-refractivity contribution in [1.29, 1.82) is 0 Å². The van der Waals surface area contributed by atoms with Crippen LogP contribution in [-0.4, -0.2) is 23.0 Å². The fourth-order valence-corrected chi connectivity index (χ4v) is 2.64. The fourth-order valence-electron chi connectivity index (χ4n) is 2.15. The summed E-state index contributed by atoms with van der Waals surface area (Å²) in [5, 5.41) is 3.86. The van der Waals surface area contributed by atoms with E-state index in [4.69, 9.17) is 23.8 Å². The summed E-state index contributed by atoms with van der Waals surface area (Å²) in [4.78, 5) is 16.8. The summed E-state index contributed by atoms with van der Waals surface area (Å²) in [5.74, 6) is 0.517. The molecule has 116 valence electrons. The molecule has 3 nitrogen and oxygen atoms in total. The predicted octanol–water partition coefficient (Wildman–Crippen LogP) is 4.17. The van der Waals surface area contributed by atoms with Crippen molar-refractivity contribution in [2.24, 2.45) is 10.9 Å². The van der Waals surface area contributed by atoms with E-state index in [0.717, 1.165) is 35.6 Å². The van der Waals surface area contributed by atoms with Crippen LogP contribution in [-0.2, 0) is 4.79 Å². The Morgan fingerprint density at radius 1 is 1.52 bits per heavy atom. The molecule has 5 heteroatoms.